The number of halogens is 1. The van der Waals surface area contributed by atoms with Crippen molar-refractivity contribution >= 4 is 17.5 Å². The molecule has 1 aromatic heterocycles. The van der Waals surface area contributed by atoms with Gasteiger partial charge in [-0.25, -0.2) is 4.98 Å². The molecule has 0 radical (unpaired) electrons. The Kier molecular flexibility index (Phi) is 4.71. The topological polar surface area (TPSA) is 62.2 Å². The fourth-order valence-electron chi connectivity index (χ4n) is 1.21. The minimum Gasteiger partial charge on any atom is -0.392 e. The molecule has 0 aliphatic heterocycles. The molecule has 88 valence electrons. The highest BCUT2D eigenvalue weighted by Gasteiger charge is 2.09. The van der Waals surface area contributed by atoms with Crippen molar-refractivity contribution in [3.8, 4) is 0 Å². The fourth-order valence-corrected chi connectivity index (χ4v) is 1.43. The Balaban J connectivity index is 2.78. The van der Waals surface area contributed by atoms with Crippen LogP contribution in [0.5, 0.6) is 0 Å². The van der Waals surface area contributed by atoms with Crippen molar-refractivity contribution in [2.24, 2.45) is 0 Å². The smallest absolute Gasteiger partial charge is 0.251 e. The molecule has 2 N–H and O–H groups in total. The maximum absolute atomic E-state index is 11.7. The van der Waals surface area contributed by atoms with Crippen LogP contribution in [0, 0.1) is 0 Å². The van der Waals surface area contributed by atoms with Crippen molar-refractivity contribution in [2.75, 3.05) is 6.54 Å². The Hall–Kier alpha value is -1.13. The molecule has 1 rings (SSSR count). The first kappa shape index (κ1) is 12.9. The van der Waals surface area contributed by atoms with Crippen molar-refractivity contribution < 1.29 is 9.90 Å². The van der Waals surface area contributed by atoms with Crippen molar-refractivity contribution in [2.45, 2.75) is 26.4 Å². The zero-order chi connectivity index (χ0) is 12.1. The number of aryl methyl sites for hydroxylation is 1. The second-order valence-electron chi connectivity index (χ2n) is 3.58. The molecule has 1 atom stereocenters. The summed E-state index contributed by atoms with van der Waals surface area (Å²) in [7, 11) is 0. The molecule has 1 amide bonds. The van der Waals surface area contributed by atoms with Gasteiger partial charge in [0.25, 0.3) is 5.91 Å². The molecule has 0 aliphatic rings. The number of aliphatic hydroxyl groups is 1. The largest absolute Gasteiger partial charge is 0.392 e. The zero-order valence-electron chi connectivity index (χ0n) is 9.33. The van der Waals surface area contributed by atoms with Crippen LogP contribution in [0.2, 0.25) is 5.15 Å². The third-order valence-electron chi connectivity index (χ3n) is 2.03. The molecule has 0 saturated heterocycles. The molecule has 1 aromatic rings. The van der Waals surface area contributed by atoms with Crippen molar-refractivity contribution in [3.63, 3.8) is 0 Å². The monoisotopic (exact) mass is 242 g/mol. The van der Waals surface area contributed by atoms with Crippen LogP contribution >= 0.6 is 11.6 Å². The third kappa shape index (κ3) is 3.79. The molecule has 0 spiro atoms. The van der Waals surface area contributed by atoms with Gasteiger partial charge in [-0.2, -0.15) is 0 Å². The fraction of sp³-hybridized carbons (Fsp3) is 0.455. The number of aromatic nitrogens is 1. The molecule has 0 saturated carbocycles. The van der Waals surface area contributed by atoms with E-state index in [-0.39, 0.29) is 12.5 Å². The van der Waals surface area contributed by atoms with Crippen LogP contribution in [0.4, 0.5) is 0 Å². The lowest BCUT2D eigenvalue weighted by Gasteiger charge is -2.08. The second-order valence-corrected chi connectivity index (χ2v) is 3.97. The van der Waals surface area contributed by atoms with E-state index < -0.39 is 6.10 Å². The van der Waals surface area contributed by atoms with Gasteiger partial charge in [0.05, 0.1) is 6.10 Å². The number of aliphatic hydroxyl groups excluding tert-OH is 1. The van der Waals surface area contributed by atoms with Crippen LogP contribution in [0.3, 0.4) is 0 Å². The number of pyridine rings is 1. The van der Waals surface area contributed by atoms with Gasteiger partial charge >= 0.3 is 0 Å². The Morgan fingerprint density at radius 2 is 2.31 bits per heavy atom. The molecule has 0 unspecified atom stereocenters. The van der Waals surface area contributed by atoms with Crippen molar-refractivity contribution in [3.05, 3.63) is 28.5 Å². The minimum absolute atomic E-state index is 0.222. The first-order valence-electron chi connectivity index (χ1n) is 5.15. The highest BCUT2D eigenvalue weighted by atomic mass is 35.5. The summed E-state index contributed by atoms with van der Waals surface area (Å²) in [6, 6.07) is 3.21. The van der Waals surface area contributed by atoms with Gasteiger partial charge in [-0.3, -0.25) is 4.79 Å². The van der Waals surface area contributed by atoms with Gasteiger partial charge in [0, 0.05) is 17.8 Å². The summed E-state index contributed by atoms with van der Waals surface area (Å²) < 4.78 is 0. The highest BCUT2D eigenvalue weighted by molar-refractivity contribution is 6.29. The lowest BCUT2D eigenvalue weighted by Crippen LogP contribution is -2.30. The van der Waals surface area contributed by atoms with Crippen LogP contribution in [-0.4, -0.2) is 28.6 Å². The predicted molar refractivity (Wildman–Crippen MR) is 62.6 cm³/mol. The average molecular weight is 243 g/mol. The Labute approximate surface area is 99.6 Å². The molecule has 1 heterocycles. The molecule has 5 heteroatoms. The van der Waals surface area contributed by atoms with Crippen LogP contribution in [0.25, 0.3) is 0 Å². The van der Waals surface area contributed by atoms with E-state index in [4.69, 9.17) is 16.7 Å². The number of rotatable bonds is 4. The van der Waals surface area contributed by atoms with E-state index in [1.165, 1.54) is 6.07 Å². The van der Waals surface area contributed by atoms with Crippen molar-refractivity contribution in [1.82, 2.24) is 10.3 Å². The van der Waals surface area contributed by atoms with E-state index in [2.05, 4.69) is 10.3 Å². The molecule has 4 nitrogen and oxygen atoms in total. The summed E-state index contributed by atoms with van der Waals surface area (Å²) >= 11 is 5.80. The zero-order valence-corrected chi connectivity index (χ0v) is 10.1. The standard InChI is InChI=1S/C11H15ClN2O2/c1-3-9-4-8(5-10(12)14-9)11(16)13-6-7(2)15/h4-5,7,15H,3,6H2,1-2H3,(H,13,16)/t7-/m1/s1. The molecule has 0 bridgehead atoms. The van der Waals surface area contributed by atoms with Crippen LogP contribution in [0.1, 0.15) is 29.9 Å². The summed E-state index contributed by atoms with van der Waals surface area (Å²) in [5.74, 6) is -0.250. The predicted octanol–water partition coefficient (Wildman–Crippen LogP) is 1.41. The van der Waals surface area contributed by atoms with Crippen LogP contribution in [-0.2, 0) is 6.42 Å². The molecular formula is C11H15ClN2O2. The first-order chi connectivity index (χ1) is 7.52. The quantitative estimate of drug-likeness (QED) is 0.785. The third-order valence-corrected chi connectivity index (χ3v) is 2.22. The molecule has 0 aromatic carbocycles. The molecule has 0 fully saturated rings. The maximum Gasteiger partial charge on any atom is 0.251 e. The summed E-state index contributed by atoms with van der Waals surface area (Å²) in [6.07, 6.45) is 0.156. The van der Waals surface area contributed by atoms with Crippen molar-refractivity contribution in [1.29, 1.82) is 0 Å². The molecule has 16 heavy (non-hydrogen) atoms. The van der Waals surface area contributed by atoms with E-state index >= 15 is 0 Å². The van der Waals surface area contributed by atoms with Crippen LogP contribution in [0.15, 0.2) is 12.1 Å². The van der Waals surface area contributed by atoms with Gasteiger partial charge in [0.15, 0.2) is 0 Å². The van der Waals surface area contributed by atoms with Gasteiger partial charge in [0.2, 0.25) is 0 Å². The number of hydrogen-bond acceptors (Lipinski definition) is 3. The Bertz CT molecular complexity index is 380. The minimum atomic E-state index is -0.563. The average Bonchev–Trinajstić information content (AvgIpc) is 2.24. The number of amides is 1. The number of carbonyl (C=O) groups excluding carboxylic acids is 1. The number of hydrogen-bond donors (Lipinski definition) is 2. The SMILES string of the molecule is CCc1cc(C(=O)NC[C@@H](C)O)cc(Cl)n1. The Morgan fingerprint density at radius 3 is 2.88 bits per heavy atom. The summed E-state index contributed by atoms with van der Waals surface area (Å²) in [5.41, 5.74) is 1.24. The normalized spacial score (nSPS) is 12.2. The van der Waals surface area contributed by atoms with Gasteiger partial charge in [-0.05, 0) is 25.5 Å². The van der Waals surface area contributed by atoms with Crippen LogP contribution < -0.4 is 5.32 Å². The molecule has 0 aliphatic carbocycles. The van der Waals surface area contributed by atoms with Gasteiger partial charge < -0.3 is 10.4 Å². The second kappa shape index (κ2) is 5.82. The number of nitrogens with one attached hydrogen (secondary N) is 1. The maximum atomic E-state index is 11.7. The van der Waals surface area contributed by atoms with E-state index in [0.29, 0.717) is 10.7 Å². The summed E-state index contributed by atoms with van der Waals surface area (Å²) in [6.45, 7) is 3.77. The summed E-state index contributed by atoms with van der Waals surface area (Å²) in [5, 5.41) is 12.0. The lowest BCUT2D eigenvalue weighted by atomic mass is 10.2. The molecular weight excluding hydrogens is 228 g/mol. The summed E-state index contributed by atoms with van der Waals surface area (Å²) in [4.78, 5) is 15.7. The van der Waals surface area contributed by atoms with Gasteiger partial charge in [-0.1, -0.05) is 18.5 Å². The lowest BCUT2D eigenvalue weighted by molar-refractivity contribution is 0.0924. The van der Waals surface area contributed by atoms with E-state index in [9.17, 15) is 4.79 Å². The van der Waals surface area contributed by atoms with Gasteiger partial charge in [-0.15, -0.1) is 0 Å². The number of nitrogens with zero attached hydrogens (tertiary/aromatic N) is 1. The Morgan fingerprint density at radius 1 is 1.62 bits per heavy atom. The highest BCUT2D eigenvalue weighted by Crippen LogP contribution is 2.11. The van der Waals surface area contributed by atoms with E-state index in [1.807, 2.05) is 6.92 Å². The first-order valence-corrected chi connectivity index (χ1v) is 5.53. The number of carbonyl (C=O) groups is 1. The van der Waals surface area contributed by atoms with E-state index in [0.717, 1.165) is 12.1 Å². The van der Waals surface area contributed by atoms with E-state index in [1.54, 1.807) is 13.0 Å². The van der Waals surface area contributed by atoms with Gasteiger partial charge in [0.1, 0.15) is 5.15 Å².